The van der Waals surface area contributed by atoms with Crippen molar-refractivity contribution in [2.24, 2.45) is 0 Å². The van der Waals surface area contributed by atoms with Crippen molar-refractivity contribution in [3.05, 3.63) is 35.9 Å². The van der Waals surface area contributed by atoms with Gasteiger partial charge in [0.1, 0.15) is 0 Å². The van der Waals surface area contributed by atoms with Crippen molar-refractivity contribution in [3.8, 4) is 0 Å². The van der Waals surface area contributed by atoms with Gasteiger partial charge in [0.05, 0.1) is 5.60 Å². The molecule has 0 saturated carbocycles. The molecule has 1 atom stereocenters. The summed E-state index contributed by atoms with van der Waals surface area (Å²) < 4.78 is 5.48. The van der Waals surface area contributed by atoms with E-state index < -0.39 is 6.29 Å². The van der Waals surface area contributed by atoms with Crippen LogP contribution in [0.3, 0.4) is 0 Å². The first-order valence-corrected chi connectivity index (χ1v) is 5.54. The Kier molecular flexibility index (Phi) is 4.93. The van der Waals surface area contributed by atoms with Gasteiger partial charge in [-0.25, -0.2) is 4.89 Å². The molecule has 0 spiro atoms. The molecule has 90 valence electrons. The summed E-state index contributed by atoms with van der Waals surface area (Å²) in [6.07, 6.45) is -0.467. The quantitative estimate of drug-likeness (QED) is 0.435. The molecular weight excluding hydrogens is 204 g/mol. The topological polar surface area (TPSA) is 27.7 Å². The first-order chi connectivity index (χ1) is 7.53. The van der Waals surface area contributed by atoms with Crippen LogP contribution >= 0.6 is 0 Å². The van der Waals surface area contributed by atoms with E-state index in [9.17, 15) is 0 Å². The lowest BCUT2D eigenvalue weighted by Gasteiger charge is -2.23. The second kappa shape index (κ2) is 5.99. The smallest absolute Gasteiger partial charge is 0.217 e. The lowest BCUT2D eigenvalue weighted by molar-refractivity contribution is -0.420. The van der Waals surface area contributed by atoms with E-state index in [0.29, 0.717) is 6.61 Å². The van der Waals surface area contributed by atoms with Crippen LogP contribution in [-0.4, -0.2) is 12.2 Å². The predicted octanol–water partition coefficient (Wildman–Crippen LogP) is 3.47. The zero-order chi connectivity index (χ0) is 12.0. The van der Waals surface area contributed by atoms with E-state index in [0.717, 1.165) is 5.56 Å². The summed E-state index contributed by atoms with van der Waals surface area (Å²) >= 11 is 0. The Bertz CT molecular complexity index is 290. The molecule has 0 heterocycles. The zero-order valence-corrected chi connectivity index (χ0v) is 10.4. The predicted molar refractivity (Wildman–Crippen MR) is 62.7 cm³/mol. The van der Waals surface area contributed by atoms with Gasteiger partial charge in [0.25, 0.3) is 0 Å². The van der Waals surface area contributed by atoms with Gasteiger partial charge < -0.3 is 4.74 Å². The summed E-state index contributed by atoms with van der Waals surface area (Å²) in [7, 11) is 0. The van der Waals surface area contributed by atoms with Gasteiger partial charge in [-0.05, 0) is 27.7 Å². The van der Waals surface area contributed by atoms with Crippen molar-refractivity contribution in [2.45, 2.75) is 39.6 Å². The molecule has 0 radical (unpaired) electrons. The summed E-state index contributed by atoms with van der Waals surface area (Å²) in [6, 6.07) is 9.75. The van der Waals surface area contributed by atoms with Crippen LogP contribution in [0, 0.1) is 0 Å². The third-order valence-electron chi connectivity index (χ3n) is 1.78. The molecule has 0 N–H and O–H groups in total. The summed E-state index contributed by atoms with van der Waals surface area (Å²) in [5, 5.41) is 0. The van der Waals surface area contributed by atoms with Crippen LogP contribution in [0.2, 0.25) is 0 Å². The van der Waals surface area contributed by atoms with Gasteiger partial charge >= 0.3 is 0 Å². The number of rotatable bonds is 5. The van der Waals surface area contributed by atoms with E-state index in [-0.39, 0.29) is 5.60 Å². The molecule has 0 aromatic heterocycles. The highest BCUT2D eigenvalue weighted by Crippen LogP contribution is 2.21. The minimum atomic E-state index is -0.467. The number of benzene rings is 1. The Balaban J connectivity index is 2.61. The summed E-state index contributed by atoms with van der Waals surface area (Å²) in [4.78, 5) is 10.6. The fraction of sp³-hybridized carbons (Fsp3) is 0.538. The van der Waals surface area contributed by atoms with E-state index in [1.165, 1.54) is 0 Å². The number of hydrogen-bond donors (Lipinski definition) is 0. The minimum absolute atomic E-state index is 0.343. The molecule has 16 heavy (non-hydrogen) atoms. The van der Waals surface area contributed by atoms with E-state index in [1.54, 1.807) is 0 Å². The van der Waals surface area contributed by atoms with Crippen molar-refractivity contribution < 1.29 is 14.5 Å². The number of ether oxygens (including phenoxy) is 1. The Morgan fingerprint density at radius 3 is 2.25 bits per heavy atom. The van der Waals surface area contributed by atoms with Crippen molar-refractivity contribution in [1.82, 2.24) is 0 Å². The third kappa shape index (κ3) is 4.75. The largest absolute Gasteiger partial charge is 0.346 e. The summed E-state index contributed by atoms with van der Waals surface area (Å²) in [5.41, 5.74) is 0.609. The van der Waals surface area contributed by atoms with Crippen LogP contribution in [-0.2, 0) is 14.5 Å². The Morgan fingerprint density at radius 1 is 1.12 bits per heavy atom. The maximum atomic E-state index is 5.48. The molecule has 1 aromatic carbocycles. The molecule has 1 unspecified atom stereocenters. The van der Waals surface area contributed by atoms with Gasteiger partial charge in [0, 0.05) is 12.2 Å². The fourth-order valence-electron chi connectivity index (χ4n) is 1.13. The Labute approximate surface area is 97.3 Å². The van der Waals surface area contributed by atoms with Crippen LogP contribution in [0.5, 0.6) is 0 Å². The van der Waals surface area contributed by atoms with Crippen molar-refractivity contribution in [1.29, 1.82) is 0 Å². The van der Waals surface area contributed by atoms with Crippen molar-refractivity contribution in [3.63, 3.8) is 0 Å². The average molecular weight is 224 g/mol. The third-order valence-corrected chi connectivity index (χ3v) is 1.78. The maximum Gasteiger partial charge on any atom is 0.217 e. The highest BCUT2D eigenvalue weighted by Gasteiger charge is 2.18. The van der Waals surface area contributed by atoms with E-state index in [2.05, 4.69) is 0 Å². The molecule has 0 aliphatic carbocycles. The summed E-state index contributed by atoms with van der Waals surface area (Å²) in [6.45, 7) is 8.30. The second-order valence-electron chi connectivity index (χ2n) is 4.49. The molecule has 3 nitrogen and oxygen atoms in total. The van der Waals surface area contributed by atoms with E-state index in [1.807, 2.05) is 58.0 Å². The van der Waals surface area contributed by atoms with Crippen LogP contribution in [0.15, 0.2) is 30.3 Å². The molecule has 0 aliphatic rings. The molecule has 0 saturated heterocycles. The highest BCUT2D eigenvalue weighted by atomic mass is 17.2. The first kappa shape index (κ1) is 13.2. The number of hydrogen-bond acceptors (Lipinski definition) is 3. The highest BCUT2D eigenvalue weighted by molar-refractivity contribution is 5.15. The lowest BCUT2D eigenvalue weighted by Crippen LogP contribution is -2.22. The van der Waals surface area contributed by atoms with Crippen LogP contribution in [0.4, 0.5) is 0 Å². The molecule has 1 aromatic rings. The molecule has 0 amide bonds. The second-order valence-corrected chi connectivity index (χ2v) is 4.49. The van der Waals surface area contributed by atoms with Gasteiger partial charge in [-0.1, -0.05) is 30.3 Å². The Morgan fingerprint density at radius 2 is 1.75 bits per heavy atom. The average Bonchev–Trinajstić information content (AvgIpc) is 2.24. The molecule has 0 aliphatic heterocycles. The Hall–Kier alpha value is -0.900. The fourth-order valence-corrected chi connectivity index (χ4v) is 1.13. The van der Waals surface area contributed by atoms with E-state index in [4.69, 9.17) is 14.5 Å². The first-order valence-electron chi connectivity index (χ1n) is 5.54. The SMILES string of the molecule is CCOC(OOC(C)(C)C)c1ccccc1. The molecule has 0 fully saturated rings. The van der Waals surface area contributed by atoms with Gasteiger partial charge in [-0.3, -0.25) is 0 Å². The van der Waals surface area contributed by atoms with Crippen molar-refractivity contribution >= 4 is 0 Å². The summed E-state index contributed by atoms with van der Waals surface area (Å²) in [5.74, 6) is 0. The normalized spacial score (nSPS) is 13.8. The maximum absolute atomic E-state index is 5.48. The van der Waals surface area contributed by atoms with Gasteiger partial charge in [-0.2, -0.15) is 4.89 Å². The molecule has 1 rings (SSSR count). The molecule has 3 heteroatoms. The van der Waals surface area contributed by atoms with Crippen LogP contribution < -0.4 is 0 Å². The lowest BCUT2D eigenvalue weighted by atomic mass is 10.2. The molecule has 0 bridgehead atoms. The molecular formula is C13H20O3. The van der Waals surface area contributed by atoms with Gasteiger partial charge in [0.2, 0.25) is 6.29 Å². The van der Waals surface area contributed by atoms with Crippen LogP contribution in [0.1, 0.15) is 39.5 Å². The van der Waals surface area contributed by atoms with Crippen LogP contribution in [0.25, 0.3) is 0 Å². The van der Waals surface area contributed by atoms with E-state index >= 15 is 0 Å². The van der Waals surface area contributed by atoms with Gasteiger partial charge in [-0.15, -0.1) is 0 Å². The standard InChI is InChI=1S/C13H20O3/c1-5-14-12(15-16-13(2,3)4)11-9-7-6-8-10-11/h6-10,12H,5H2,1-4H3. The monoisotopic (exact) mass is 224 g/mol. The van der Waals surface area contributed by atoms with Crippen molar-refractivity contribution in [2.75, 3.05) is 6.61 Å². The zero-order valence-electron chi connectivity index (χ0n) is 10.4. The minimum Gasteiger partial charge on any atom is -0.346 e. The van der Waals surface area contributed by atoms with Gasteiger partial charge in [0.15, 0.2) is 0 Å².